The predicted molar refractivity (Wildman–Crippen MR) is 90.5 cm³/mol. The zero-order valence-corrected chi connectivity index (χ0v) is 14.5. The quantitative estimate of drug-likeness (QED) is 0.555. The van der Waals surface area contributed by atoms with Gasteiger partial charge in [-0.15, -0.1) is 0 Å². The van der Waals surface area contributed by atoms with E-state index in [0.29, 0.717) is 18.1 Å². The Kier molecular flexibility index (Phi) is 5.06. The average molecular weight is 362 g/mol. The van der Waals surface area contributed by atoms with Crippen molar-refractivity contribution in [2.75, 3.05) is 19.5 Å². The van der Waals surface area contributed by atoms with Crippen LogP contribution in [0, 0.1) is 0 Å². The Morgan fingerprint density at radius 2 is 1.64 bits per heavy atom. The SMILES string of the molecule is COC(=O)Cc1ccc(Oc2ccc(S(=O)(=O)CC3CO3)cc2)cc1. The molecule has 0 N–H and O–H groups in total. The summed E-state index contributed by atoms with van der Waals surface area (Å²) in [6, 6.07) is 13.3. The fraction of sp³-hybridized carbons (Fsp3) is 0.278. The molecule has 2 aromatic rings. The summed E-state index contributed by atoms with van der Waals surface area (Å²) >= 11 is 0. The van der Waals surface area contributed by atoms with Gasteiger partial charge in [0.2, 0.25) is 0 Å². The largest absolute Gasteiger partial charge is 0.469 e. The average Bonchev–Trinajstić information content (AvgIpc) is 3.40. The Bertz CT molecular complexity index is 836. The van der Waals surface area contributed by atoms with E-state index in [1.165, 1.54) is 19.2 Å². The molecule has 0 aromatic heterocycles. The van der Waals surface area contributed by atoms with Gasteiger partial charge in [-0.1, -0.05) is 12.1 Å². The smallest absolute Gasteiger partial charge is 0.309 e. The van der Waals surface area contributed by atoms with Gasteiger partial charge >= 0.3 is 5.97 Å². The summed E-state index contributed by atoms with van der Waals surface area (Å²) in [5.41, 5.74) is 0.822. The van der Waals surface area contributed by atoms with Crippen LogP contribution >= 0.6 is 0 Å². The molecule has 1 unspecified atom stereocenters. The summed E-state index contributed by atoms with van der Waals surface area (Å²) in [6.07, 6.45) is 0.0260. The number of sulfone groups is 1. The highest BCUT2D eigenvalue weighted by atomic mass is 32.2. The maximum atomic E-state index is 12.1. The Hall–Kier alpha value is -2.38. The molecule has 132 valence electrons. The molecule has 1 aliphatic rings. The second-order valence-electron chi connectivity index (χ2n) is 5.71. The van der Waals surface area contributed by atoms with Gasteiger partial charge in [0.25, 0.3) is 0 Å². The van der Waals surface area contributed by atoms with E-state index in [1.807, 2.05) is 0 Å². The number of benzene rings is 2. The van der Waals surface area contributed by atoms with Crippen LogP contribution in [0.1, 0.15) is 5.56 Å². The van der Waals surface area contributed by atoms with E-state index in [0.717, 1.165) is 5.56 Å². The molecule has 1 aliphatic heterocycles. The molecule has 3 rings (SSSR count). The van der Waals surface area contributed by atoms with Crippen LogP contribution in [0.15, 0.2) is 53.4 Å². The molecule has 0 bridgehead atoms. The number of rotatable bonds is 7. The molecule has 1 fully saturated rings. The second-order valence-corrected chi connectivity index (χ2v) is 7.74. The van der Waals surface area contributed by atoms with Crippen LogP contribution in [0.5, 0.6) is 11.5 Å². The first kappa shape index (κ1) is 17.4. The highest BCUT2D eigenvalue weighted by Gasteiger charge is 2.30. The van der Waals surface area contributed by atoms with E-state index in [9.17, 15) is 13.2 Å². The number of esters is 1. The molecule has 6 nitrogen and oxygen atoms in total. The van der Waals surface area contributed by atoms with E-state index in [-0.39, 0.29) is 29.1 Å². The first-order valence-corrected chi connectivity index (χ1v) is 9.39. The Morgan fingerprint density at radius 3 is 2.16 bits per heavy atom. The van der Waals surface area contributed by atoms with Gasteiger partial charge in [0.1, 0.15) is 11.5 Å². The Balaban J connectivity index is 1.64. The maximum absolute atomic E-state index is 12.1. The number of hydrogen-bond acceptors (Lipinski definition) is 6. The fourth-order valence-electron chi connectivity index (χ4n) is 2.27. The third-order valence-electron chi connectivity index (χ3n) is 3.73. The van der Waals surface area contributed by atoms with Gasteiger partial charge in [-0.05, 0) is 42.0 Å². The molecule has 25 heavy (non-hydrogen) atoms. The molecule has 7 heteroatoms. The second kappa shape index (κ2) is 7.25. The van der Waals surface area contributed by atoms with E-state index < -0.39 is 9.84 Å². The van der Waals surface area contributed by atoms with Crippen molar-refractivity contribution in [2.45, 2.75) is 17.4 Å². The number of methoxy groups -OCH3 is 1. The van der Waals surface area contributed by atoms with Crippen molar-refractivity contribution >= 4 is 15.8 Å². The van der Waals surface area contributed by atoms with Crippen molar-refractivity contribution in [2.24, 2.45) is 0 Å². The number of ether oxygens (including phenoxy) is 3. The molecule has 2 aromatic carbocycles. The lowest BCUT2D eigenvalue weighted by molar-refractivity contribution is -0.139. The van der Waals surface area contributed by atoms with Crippen LogP contribution in [-0.2, 0) is 30.5 Å². The molecule has 0 amide bonds. The molecule has 0 spiro atoms. The molecule has 0 radical (unpaired) electrons. The van der Waals surface area contributed by atoms with Crippen LogP contribution in [0.4, 0.5) is 0 Å². The van der Waals surface area contributed by atoms with Crippen molar-refractivity contribution in [3.05, 3.63) is 54.1 Å². The van der Waals surface area contributed by atoms with Crippen LogP contribution in [-0.4, -0.2) is 40.0 Å². The van der Waals surface area contributed by atoms with Gasteiger partial charge in [0.05, 0.1) is 36.9 Å². The third-order valence-corrected chi connectivity index (χ3v) is 5.53. The summed E-state index contributed by atoms with van der Waals surface area (Å²) in [5, 5.41) is 0. The van der Waals surface area contributed by atoms with Crippen LogP contribution < -0.4 is 4.74 Å². The normalized spacial score (nSPS) is 16.3. The van der Waals surface area contributed by atoms with Crippen LogP contribution in [0.2, 0.25) is 0 Å². The highest BCUT2D eigenvalue weighted by Crippen LogP contribution is 2.25. The van der Waals surface area contributed by atoms with Gasteiger partial charge in [0.15, 0.2) is 9.84 Å². The molecule has 1 atom stereocenters. The minimum absolute atomic E-state index is 0.00879. The molecule has 0 saturated carbocycles. The van der Waals surface area contributed by atoms with Crippen molar-refractivity contribution in [3.63, 3.8) is 0 Å². The van der Waals surface area contributed by atoms with Crippen molar-refractivity contribution < 1.29 is 27.4 Å². The number of epoxide rings is 1. The zero-order chi connectivity index (χ0) is 17.9. The first-order chi connectivity index (χ1) is 12.0. The van der Waals surface area contributed by atoms with E-state index in [2.05, 4.69) is 4.74 Å². The summed E-state index contributed by atoms with van der Waals surface area (Å²) in [7, 11) is -1.98. The molecule has 1 heterocycles. The van der Waals surface area contributed by atoms with Gasteiger partial charge in [0, 0.05) is 0 Å². The fourth-order valence-corrected chi connectivity index (χ4v) is 3.70. The van der Waals surface area contributed by atoms with Crippen LogP contribution in [0.3, 0.4) is 0 Å². The van der Waals surface area contributed by atoms with Gasteiger partial charge in [-0.3, -0.25) is 4.79 Å². The maximum Gasteiger partial charge on any atom is 0.309 e. The van der Waals surface area contributed by atoms with Gasteiger partial charge in [-0.2, -0.15) is 0 Å². The van der Waals surface area contributed by atoms with Crippen molar-refractivity contribution in [3.8, 4) is 11.5 Å². The molecule has 1 saturated heterocycles. The van der Waals surface area contributed by atoms with Gasteiger partial charge in [-0.25, -0.2) is 8.42 Å². The van der Waals surface area contributed by atoms with Gasteiger partial charge < -0.3 is 14.2 Å². The zero-order valence-electron chi connectivity index (χ0n) is 13.7. The van der Waals surface area contributed by atoms with Crippen LogP contribution in [0.25, 0.3) is 0 Å². The summed E-state index contributed by atoms with van der Waals surface area (Å²) in [5.74, 6) is 0.828. The monoisotopic (exact) mass is 362 g/mol. The minimum Gasteiger partial charge on any atom is -0.469 e. The van der Waals surface area contributed by atoms with E-state index in [4.69, 9.17) is 9.47 Å². The number of carbonyl (C=O) groups excluding carboxylic acids is 1. The van der Waals surface area contributed by atoms with Crippen molar-refractivity contribution in [1.82, 2.24) is 0 Å². The number of carbonyl (C=O) groups is 1. The van der Waals surface area contributed by atoms with E-state index >= 15 is 0 Å². The topological polar surface area (TPSA) is 82.2 Å². The summed E-state index contributed by atoms with van der Waals surface area (Å²) < 4.78 is 39.6. The summed E-state index contributed by atoms with van der Waals surface area (Å²) in [6.45, 7) is 0.506. The van der Waals surface area contributed by atoms with Crippen molar-refractivity contribution in [1.29, 1.82) is 0 Å². The predicted octanol–water partition coefficient (Wildman–Crippen LogP) is 2.37. The molecular formula is C18H18O6S. The Labute approximate surface area is 146 Å². The summed E-state index contributed by atoms with van der Waals surface area (Å²) in [4.78, 5) is 11.5. The lowest BCUT2D eigenvalue weighted by Gasteiger charge is -2.08. The molecular weight excluding hydrogens is 344 g/mol. The first-order valence-electron chi connectivity index (χ1n) is 7.74. The standard InChI is InChI=1S/C18H18O6S/c1-22-18(19)10-13-2-4-14(5-3-13)24-15-6-8-17(9-7-15)25(20,21)12-16-11-23-16/h2-9,16H,10-12H2,1H3. The number of hydrogen-bond donors (Lipinski definition) is 0. The minimum atomic E-state index is -3.33. The Morgan fingerprint density at radius 1 is 1.08 bits per heavy atom. The van der Waals surface area contributed by atoms with E-state index in [1.54, 1.807) is 36.4 Å². The highest BCUT2D eigenvalue weighted by molar-refractivity contribution is 7.91. The molecule has 0 aliphatic carbocycles. The lowest BCUT2D eigenvalue weighted by Crippen LogP contribution is -2.11. The lowest BCUT2D eigenvalue weighted by atomic mass is 10.1. The third kappa shape index (κ3) is 4.80.